The van der Waals surface area contributed by atoms with Crippen LogP contribution in [0.25, 0.3) is 11.0 Å². The minimum Gasteiger partial charge on any atom is -0.370 e. The Morgan fingerprint density at radius 2 is 1.97 bits per heavy atom. The Labute approximate surface area is 225 Å². The fraction of sp³-hybridized carbons (Fsp3) is 0.615. The number of halogens is 3. The first-order valence-corrected chi connectivity index (χ1v) is 13.6. The van der Waals surface area contributed by atoms with Crippen LogP contribution in [0.15, 0.2) is 18.3 Å². The van der Waals surface area contributed by atoms with Gasteiger partial charge in [-0.3, -0.25) is 9.58 Å². The number of fused-ring (bicyclic) bond motifs is 1. The molecule has 13 heteroatoms. The van der Waals surface area contributed by atoms with Crippen LogP contribution in [0.5, 0.6) is 0 Å². The number of piperazine rings is 1. The number of nitrogens with one attached hydrogen (secondary N) is 2. The predicted molar refractivity (Wildman–Crippen MR) is 143 cm³/mol. The van der Waals surface area contributed by atoms with Gasteiger partial charge in [0.1, 0.15) is 29.2 Å². The molecule has 2 aliphatic heterocycles. The van der Waals surface area contributed by atoms with E-state index in [1.807, 2.05) is 19.1 Å². The zero-order valence-corrected chi connectivity index (χ0v) is 22.5. The predicted octanol–water partition coefficient (Wildman–Crippen LogP) is 3.64. The summed E-state index contributed by atoms with van der Waals surface area (Å²) in [6.07, 6.45) is 0.823. The van der Waals surface area contributed by atoms with Crippen LogP contribution >= 0.6 is 0 Å². The van der Waals surface area contributed by atoms with E-state index in [4.69, 9.17) is 19.8 Å². The van der Waals surface area contributed by atoms with Crippen molar-refractivity contribution in [2.75, 3.05) is 56.2 Å². The summed E-state index contributed by atoms with van der Waals surface area (Å²) in [5.41, 5.74) is 3.15. The largest absolute Gasteiger partial charge is 0.411 e. The molecular formula is C26H36F3N9O. The molecule has 5 heterocycles. The molecule has 5 rings (SSSR count). The number of alkyl halides is 3. The molecule has 0 unspecified atom stereocenters. The third kappa shape index (κ3) is 7.14. The molecule has 3 aromatic heterocycles. The Kier molecular flexibility index (Phi) is 8.48. The lowest BCUT2D eigenvalue weighted by Crippen LogP contribution is -2.49. The SMILES string of the molecule is Cc1ccnc(Nc2nc(N3CCN[C@H](C)C3)nc3c(CN4CCCCC4)nn(CCOCC(F)(F)F)c23)c1. The molecule has 1 atom stereocenters. The second kappa shape index (κ2) is 12.0. The second-order valence-electron chi connectivity index (χ2n) is 10.4. The summed E-state index contributed by atoms with van der Waals surface area (Å²) >= 11 is 0. The summed E-state index contributed by atoms with van der Waals surface area (Å²) in [5.74, 6) is 1.74. The number of hydrogen-bond acceptors (Lipinski definition) is 9. The van der Waals surface area contributed by atoms with Crippen molar-refractivity contribution in [1.82, 2.24) is 34.9 Å². The molecule has 39 heavy (non-hydrogen) atoms. The van der Waals surface area contributed by atoms with Crippen LogP contribution in [-0.4, -0.2) is 87.8 Å². The average Bonchev–Trinajstić information content (AvgIpc) is 3.24. The van der Waals surface area contributed by atoms with Gasteiger partial charge in [0, 0.05) is 38.4 Å². The molecule has 0 saturated carbocycles. The quantitative estimate of drug-likeness (QED) is 0.389. The number of rotatable bonds is 9. The lowest BCUT2D eigenvalue weighted by molar-refractivity contribution is -0.174. The number of aromatic nitrogens is 5. The number of hydrogen-bond donors (Lipinski definition) is 2. The Morgan fingerprint density at radius 1 is 1.15 bits per heavy atom. The first-order chi connectivity index (χ1) is 18.7. The highest BCUT2D eigenvalue weighted by atomic mass is 19.4. The van der Waals surface area contributed by atoms with Gasteiger partial charge in [-0.1, -0.05) is 6.42 Å². The van der Waals surface area contributed by atoms with Gasteiger partial charge in [0.15, 0.2) is 5.82 Å². The maximum Gasteiger partial charge on any atom is 0.411 e. The van der Waals surface area contributed by atoms with Crippen LogP contribution in [-0.2, 0) is 17.8 Å². The number of aryl methyl sites for hydroxylation is 1. The summed E-state index contributed by atoms with van der Waals surface area (Å²) in [5, 5.41) is 11.7. The summed E-state index contributed by atoms with van der Waals surface area (Å²) in [4.78, 5) is 18.9. The molecule has 0 bridgehead atoms. The van der Waals surface area contributed by atoms with E-state index in [2.05, 4.69) is 32.3 Å². The number of anilines is 3. The minimum absolute atomic E-state index is 0.135. The molecule has 2 fully saturated rings. The van der Waals surface area contributed by atoms with Gasteiger partial charge in [-0.25, -0.2) is 9.97 Å². The topological polar surface area (TPSA) is 96.3 Å². The van der Waals surface area contributed by atoms with Crippen molar-refractivity contribution in [2.45, 2.75) is 58.4 Å². The Hall–Kier alpha value is -3.03. The first kappa shape index (κ1) is 27.5. The molecule has 0 radical (unpaired) electrons. The number of ether oxygens (including phenoxy) is 1. The van der Waals surface area contributed by atoms with Crippen LogP contribution in [0.4, 0.5) is 30.8 Å². The van der Waals surface area contributed by atoms with Crippen LogP contribution in [0.3, 0.4) is 0 Å². The molecule has 212 valence electrons. The molecule has 2 aliphatic rings. The lowest BCUT2D eigenvalue weighted by atomic mass is 10.1. The van der Waals surface area contributed by atoms with E-state index >= 15 is 0 Å². The Balaban J connectivity index is 1.56. The normalized spacial score (nSPS) is 19.1. The summed E-state index contributed by atoms with van der Waals surface area (Å²) in [6.45, 7) is 7.72. The van der Waals surface area contributed by atoms with E-state index in [9.17, 15) is 13.2 Å². The van der Waals surface area contributed by atoms with Crippen molar-refractivity contribution in [3.8, 4) is 0 Å². The highest BCUT2D eigenvalue weighted by Crippen LogP contribution is 2.30. The van der Waals surface area contributed by atoms with E-state index in [0.717, 1.165) is 56.8 Å². The molecule has 2 N–H and O–H groups in total. The molecular weight excluding hydrogens is 511 g/mol. The van der Waals surface area contributed by atoms with E-state index in [-0.39, 0.29) is 19.2 Å². The van der Waals surface area contributed by atoms with Crippen LogP contribution in [0.2, 0.25) is 0 Å². The van der Waals surface area contributed by atoms with Crippen molar-refractivity contribution in [2.24, 2.45) is 0 Å². The van der Waals surface area contributed by atoms with Crippen molar-refractivity contribution in [3.63, 3.8) is 0 Å². The number of pyridine rings is 1. The van der Waals surface area contributed by atoms with Crippen LogP contribution in [0.1, 0.15) is 37.4 Å². The van der Waals surface area contributed by atoms with Crippen molar-refractivity contribution < 1.29 is 17.9 Å². The standard InChI is InChI=1S/C26H36F3N9O/c1-18-6-7-31-21(14-18)32-24-23-22(33-25(34-24)37-11-8-30-19(2)15-37)20(16-36-9-4-3-5-10-36)35-38(23)12-13-39-17-26(27,28)29/h6-7,14,19,30H,3-5,8-13,15-17H2,1-2H3,(H,31,32,33,34)/t19-/m1/s1. The van der Waals surface area contributed by atoms with E-state index in [0.29, 0.717) is 35.2 Å². The average molecular weight is 548 g/mol. The first-order valence-electron chi connectivity index (χ1n) is 13.6. The van der Waals surface area contributed by atoms with Gasteiger partial charge in [0.05, 0.1) is 13.2 Å². The molecule has 3 aromatic rings. The van der Waals surface area contributed by atoms with Crippen molar-refractivity contribution in [1.29, 1.82) is 0 Å². The second-order valence-corrected chi connectivity index (χ2v) is 10.4. The van der Waals surface area contributed by atoms with Gasteiger partial charge in [-0.05, 0) is 57.5 Å². The monoisotopic (exact) mass is 547 g/mol. The molecule has 0 spiro atoms. The molecule has 2 saturated heterocycles. The van der Waals surface area contributed by atoms with E-state index < -0.39 is 12.8 Å². The fourth-order valence-electron chi connectivity index (χ4n) is 5.14. The van der Waals surface area contributed by atoms with E-state index in [1.54, 1.807) is 10.9 Å². The third-order valence-electron chi connectivity index (χ3n) is 6.99. The lowest BCUT2D eigenvalue weighted by Gasteiger charge is -2.32. The van der Waals surface area contributed by atoms with Gasteiger partial charge in [0.2, 0.25) is 5.95 Å². The maximum absolute atomic E-state index is 12.7. The summed E-state index contributed by atoms with van der Waals surface area (Å²) < 4.78 is 44.7. The fourth-order valence-corrected chi connectivity index (χ4v) is 5.14. The van der Waals surface area contributed by atoms with Gasteiger partial charge >= 0.3 is 6.18 Å². The smallest absolute Gasteiger partial charge is 0.370 e. The highest BCUT2D eigenvalue weighted by Gasteiger charge is 2.28. The van der Waals surface area contributed by atoms with Crippen LogP contribution < -0.4 is 15.5 Å². The Morgan fingerprint density at radius 3 is 2.72 bits per heavy atom. The van der Waals surface area contributed by atoms with Gasteiger partial charge in [-0.2, -0.15) is 23.3 Å². The molecule has 0 amide bonds. The highest BCUT2D eigenvalue weighted by molar-refractivity contribution is 5.90. The zero-order valence-electron chi connectivity index (χ0n) is 22.5. The molecule has 10 nitrogen and oxygen atoms in total. The van der Waals surface area contributed by atoms with Crippen molar-refractivity contribution >= 4 is 28.6 Å². The number of likely N-dealkylation sites (tertiary alicyclic amines) is 1. The minimum atomic E-state index is -4.38. The summed E-state index contributed by atoms with van der Waals surface area (Å²) in [6, 6.07) is 4.12. The number of nitrogens with zero attached hydrogens (tertiary/aromatic N) is 7. The van der Waals surface area contributed by atoms with Gasteiger partial charge in [-0.15, -0.1) is 0 Å². The van der Waals surface area contributed by atoms with E-state index in [1.165, 1.54) is 6.42 Å². The Bertz CT molecular complexity index is 1260. The van der Waals surface area contributed by atoms with Gasteiger partial charge in [0.25, 0.3) is 0 Å². The third-order valence-corrected chi connectivity index (χ3v) is 6.99. The van der Waals surface area contributed by atoms with Gasteiger partial charge < -0.3 is 20.3 Å². The maximum atomic E-state index is 12.7. The summed E-state index contributed by atoms with van der Waals surface area (Å²) in [7, 11) is 0. The number of piperidine rings is 1. The van der Waals surface area contributed by atoms with Crippen LogP contribution in [0, 0.1) is 6.92 Å². The zero-order chi connectivity index (χ0) is 27.4. The molecule has 0 aliphatic carbocycles. The van der Waals surface area contributed by atoms with Crippen molar-refractivity contribution in [3.05, 3.63) is 29.6 Å². The molecule has 0 aromatic carbocycles.